The summed E-state index contributed by atoms with van der Waals surface area (Å²) < 4.78 is 1.23. The number of nitriles is 1. The largest absolute Gasteiger partial charge is 0.192 e. The molecule has 0 fully saturated rings. The maximum absolute atomic E-state index is 8.70. The molecule has 82 valence electrons. The van der Waals surface area contributed by atoms with Gasteiger partial charge in [-0.25, -0.2) is 0 Å². The third kappa shape index (κ3) is 3.18. The van der Waals surface area contributed by atoms with Gasteiger partial charge in [-0.3, -0.25) is 0 Å². The predicted molar refractivity (Wildman–Crippen MR) is 79.2 cm³/mol. The van der Waals surface area contributed by atoms with Gasteiger partial charge in [0.1, 0.15) is 0 Å². The minimum absolute atomic E-state index is 0.691. The summed E-state index contributed by atoms with van der Waals surface area (Å²) in [5.74, 6) is 0. The second kappa shape index (κ2) is 5.65. The molecule has 0 saturated heterocycles. The van der Waals surface area contributed by atoms with E-state index in [1.807, 2.05) is 36.4 Å². The molecule has 0 aliphatic carbocycles. The van der Waals surface area contributed by atoms with Crippen LogP contribution in [0.25, 0.3) is 12.2 Å². The van der Waals surface area contributed by atoms with Crippen LogP contribution in [0.1, 0.15) is 16.7 Å². The summed E-state index contributed by atoms with van der Waals surface area (Å²) in [6.07, 6.45) is 4.14. The third-order valence-electron chi connectivity index (χ3n) is 2.40. The van der Waals surface area contributed by atoms with Gasteiger partial charge in [-0.15, -0.1) is 0 Å². The van der Waals surface area contributed by atoms with Crippen LogP contribution in [0.5, 0.6) is 0 Å². The highest BCUT2D eigenvalue weighted by atomic mass is 127. The highest BCUT2D eigenvalue weighted by Gasteiger charge is 1.93. The van der Waals surface area contributed by atoms with Crippen molar-refractivity contribution in [3.63, 3.8) is 0 Å². The zero-order chi connectivity index (χ0) is 12.1. The van der Waals surface area contributed by atoms with Crippen LogP contribution in [0.15, 0.2) is 48.5 Å². The Morgan fingerprint density at radius 2 is 1.65 bits per heavy atom. The number of hydrogen-bond acceptors (Lipinski definition) is 1. The topological polar surface area (TPSA) is 23.8 Å². The minimum atomic E-state index is 0.691. The van der Waals surface area contributed by atoms with E-state index in [9.17, 15) is 0 Å². The Bertz CT molecular complexity index is 577. The zero-order valence-corrected chi connectivity index (χ0v) is 11.3. The summed E-state index contributed by atoms with van der Waals surface area (Å²) in [5.41, 5.74) is 3.00. The molecule has 0 N–H and O–H groups in total. The molecule has 2 aromatic carbocycles. The van der Waals surface area contributed by atoms with E-state index in [1.165, 1.54) is 9.13 Å². The fourth-order valence-electron chi connectivity index (χ4n) is 1.47. The maximum Gasteiger partial charge on any atom is 0.0991 e. The first kappa shape index (κ1) is 11.9. The lowest BCUT2D eigenvalue weighted by molar-refractivity contribution is 1.48. The van der Waals surface area contributed by atoms with Gasteiger partial charge in [0.2, 0.25) is 0 Å². The Hall–Kier alpha value is -1.60. The molecule has 0 amide bonds. The maximum atomic E-state index is 8.70. The molecule has 0 saturated carbocycles. The molecule has 0 atom stereocenters. The molecule has 0 aromatic heterocycles. The summed E-state index contributed by atoms with van der Waals surface area (Å²) in [6, 6.07) is 17.9. The molecule has 0 bridgehead atoms. The third-order valence-corrected chi connectivity index (χ3v) is 3.38. The van der Waals surface area contributed by atoms with Gasteiger partial charge in [-0.1, -0.05) is 42.5 Å². The van der Waals surface area contributed by atoms with E-state index in [2.05, 4.69) is 52.9 Å². The number of hydrogen-bond donors (Lipinski definition) is 0. The summed E-state index contributed by atoms with van der Waals surface area (Å²) in [6.45, 7) is 0. The Labute approximate surface area is 115 Å². The number of benzene rings is 2. The SMILES string of the molecule is N#Cc1ccc(/C=C/c2ccccc2I)cc1. The van der Waals surface area contributed by atoms with Gasteiger partial charge >= 0.3 is 0 Å². The van der Waals surface area contributed by atoms with E-state index in [1.54, 1.807) is 0 Å². The molecule has 0 aliphatic heterocycles. The molecule has 0 spiro atoms. The van der Waals surface area contributed by atoms with E-state index >= 15 is 0 Å². The van der Waals surface area contributed by atoms with Gasteiger partial charge in [0, 0.05) is 3.57 Å². The summed E-state index contributed by atoms with van der Waals surface area (Å²) in [7, 11) is 0. The van der Waals surface area contributed by atoms with Crippen molar-refractivity contribution >= 4 is 34.7 Å². The van der Waals surface area contributed by atoms with E-state index in [0.717, 1.165) is 5.56 Å². The molecular weight excluding hydrogens is 321 g/mol. The van der Waals surface area contributed by atoms with Gasteiger partial charge in [-0.2, -0.15) is 5.26 Å². The van der Waals surface area contributed by atoms with Crippen LogP contribution in [0.2, 0.25) is 0 Å². The Balaban J connectivity index is 2.21. The van der Waals surface area contributed by atoms with Crippen molar-refractivity contribution in [3.05, 3.63) is 68.8 Å². The van der Waals surface area contributed by atoms with Crippen LogP contribution in [-0.2, 0) is 0 Å². The molecule has 2 rings (SSSR count). The first-order valence-corrected chi connectivity index (χ1v) is 6.30. The van der Waals surface area contributed by atoms with Crippen LogP contribution in [0, 0.1) is 14.9 Å². The standard InChI is InChI=1S/C15H10IN/c16-15-4-2-1-3-14(15)10-9-12-5-7-13(11-17)8-6-12/h1-10H/b10-9+. The molecule has 1 nitrogen and oxygen atoms in total. The van der Waals surface area contributed by atoms with Crippen molar-refractivity contribution in [2.24, 2.45) is 0 Å². The van der Waals surface area contributed by atoms with Crippen LogP contribution < -0.4 is 0 Å². The zero-order valence-electron chi connectivity index (χ0n) is 9.10. The van der Waals surface area contributed by atoms with Crippen LogP contribution >= 0.6 is 22.6 Å². The predicted octanol–water partition coefficient (Wildman–Crippen LogP) is 4.33. The minimum Gasteiger partial charge on any atom is -0.192 e. The summed E-state index contributed by atoms with van der Waals surface area (Å²) in [4.78, 5) is 0. The second-order valence-electron chi connectivity index (χ2n) is 3.59. The van der Waals surface area contributed by atoms with Gasteiger partial charge in [0.25, 0.3) is 0 Å². The highest BCUT2D eigenvalue weighted by Crippen LogP contribution is 2.15. The summed E-state index contributed by atoms with van der Waals surface area (Å²) in [5, 5.41) is 8.70. The molecule has 0 aliphatic rings. The Kier molecular flexibility index (Phi) is 3.94. The average Bonchev–Trinajstić information content (AvgIpc) is 2.38. The van der Waals surface area contributed by atoms with Gasteiger partial charge in [0.15, 0.2) is 0 Å². The van der Waals surface area contributed by atoms with Gasteiger partial charge < -0.3 is 0 Å². The first-order chi connectivity index (χ1) is 8.29. The lowest BCUT2D eigenvalue weighted by atomic mass is 10.1. The van der Waals surface area contributed by atoms with Crippen molar-refractivity contribution in [1.82, 2.24) is 0 Å². The quantitative estimate of drug-likeness (QED) is 0.593. The van der Waals surface area contributed by atoms with Crippen molar-refractivity contribution in [1.29, 1.82) is 5.26 Å². The molecule has 0 heterocycles. The summed E-state index contributed by atoms with van der Waals surface area (Å²) >= 11 is 2.32. The first-order valence-electron chi connectivity index (χ1n) is 5.22. The van der Waals surface area contributed by atoms with Crippen molar-refractivity contribution < 1.29 is 0 Å². The lowest BCUT2D eigenvalue weighted by Gasteiger charge is -1.97. The molecular formula is C15H10IN. The van der Waals surface area contributed by atoms with E-state index < -0.39 is 0 Å². The Morgan fingerprint density at radius 1 is 0.941 bits per heavy atom. The number of halogens is 1. The van der Waals surface area contributed by atoms with Gasteiger partial charge in [-0.05, 0) is 51.9 Å². The van der Waals surface area contributed by atoms with Crippen molar-refractivity contribution in [3.8, 4) is 6.07 Å². The normalized spacial score (nSPS) is 10.4. The lowest BCUT2D eigenvalue weighted by Crippen LogP contribution is -1.78. The number of nitrogens with zero attached hydrogens (tertiary/aromatic N) is 1. The monoisotopic (exact) mass is 331 g/mol. The smallest absolute Gasteiger partial charge is 0.0991 e. The van der Waals surface area contributed by atoms with E-state index in [4.69, 9.17) is 5.26 Å². The van der Waals surface area contributed by atoms with Gasteiger partial charge in [0.05, 0.1) is 11.6 Å². The molecule has 2 heteroatoms. The van der Waals surface area contributed by atoms with Crippen LogP contribution in [-0.4, -0.2) is 0 Å². The van der Waals surface area contributed by atoms with Crippen LogP contribution in [0.3, 0.4) is 0 Å². The molecule has 2 aromatic rings. The van der Waals surface area contributed by atoms with Crippen molar-refractivity contribution in [2.75, 3.05) is 0 Å². The fourth-order valence-corrected chi connectivity index (χ4v) is 2.03. The van der Waals surface area contributed by atoms with E-state index in [-0.39, 0.29) is 0 Å². The molecule has 0 unspecified atom stereocenters. The van der Waals surface area contributed by atoms with Crippen molar-refractivity contribution in [2.45, 2.75) is 0 Å². The van der Waals surface area contributed by atoms with Crippen LogP contribution in [0.4, 0.5) is 0 Å². The van der Waals surface area contributed by atoms with E-state index in [0.29, 0.717) is 5.56 Å². The Morgan fingerprint density at radius 3 is 2.29 bits per heavy atom. The highest BCUT2D eigenvalue weighted by molar-refractivity contribution is 14.1. The molecule has 17 heavy (non-hydrogen) atoms. The average molecular weight is 331 g/mol. The fraction of sp³-hybridized carbons (Fsp3) is 0. The molecule has 0 radical (unpaired) electrons. The second-order valence-corrected chi connectivity index (χ2v) is 4.75. The number of rotatable bonds is 2.